The first kappa shape index (κ1) is 13.4. The summed E-state index contributed by atoms with van der Waals surface area (Å²) in [4.78, 5) is 4.84. The Labute approximate surface area is 121 Å². The number of thioether (sulfide) groups is 1. The van der Waals surface area contributed by atoms with Crippen molar-refractivity contribution in [3.63, 3.8) is 0 Å². The first-order valence-corrected chi connectivity index (χ1v) is 7.19. The van der Waals surface area contributed by atoms with Crippen LogP contribution in [0.4, 0.5) is 4.39 Å². The summed E-state index contributed by atoms with van der Waals surface area (Å²) in [6.45, 7) is 4.39. The summed E-state index contributed by atoms with van der Waals surface area (Å²) < 4.78 is 14.8. The summed E-state index contributed by atoms with van der Waals surface area (Å²) in [5, 5.41) is 10.7. The number of nitrogens with zero attached hydrogens (tertiary/aromatic N) is 2. The van der Waals surface area contributed by atoms with E-state index in [2.05, 4.69) is 11.6 Å². The minimum Gasteiger partial charge on any atom is -0.387 e. The molecular weight excluding hydrogens is 275 g/mol. The standard InChI is InChI=1S/C15H15FN2OS/c1-2-5-15(9-18-7-6-17-10-18)14(19)12-4-3-11(16)8-13(12)20-15/h2-4,6-8,10,14,19H,1,5,9H2/t14-,15-/m0/s1. The molecular formula is C15H15FN2OS. The lowest BCUT2D eigenvalue weighted by Crippen LogP contribution is -2.33. The largest absolute Gasteiger partial charge is 0.387 e. The van der Waals surface area contributed by atoms with Gasteiger partial charge in [-0.3, -0.25) is 0 Å². The van der Waals surface area contributed by atoms with E-state index in [1.807, 2.05) is 10.8 Å². The van der Waals surface area contributed by atoms with Gasteiger partial charge < -0.3 is 9.67 Å². The quantitative estimate of drug-likeness (QED) is 0.879. The van der Waals surface area contributed by atoms with Gasteiger partial charge in [0.1, 0.15) is 5.82 Å². The van der Waals surface area contributed by atoms with E-state index in [1.54, 1.807) is 24.7 Å². The molecule has 0 unspecified atom stereocenters. The predicted octanol–water partition coefficient (Wildman–Crippen LogP) is 3.18. The fraction of sp³-hybridized carbons (Fsp3) is 0.267. The van der Waals surface area contributed by atoms with Crippen LogP contribution >= 0.6 is 11.8 Å². The maximum absolute atomic E-state index is 13.4. The molecule has 1 aliphatic rings. The molecule has 5 heteroatoms. The molecule has 20 heavy (non-hydrogen) atoms. The lowest BCUT2D eigenvalue weighted by molar-refractivity contribution is 0.123. The van der Waals surface area contributed by atoms with Crippen molar-refractivity contribution in [2.45, 2.75) is 28.7 Å². The van der Waals surface area contributed by atoms with E-state index in [-0.39, 0.29) is 5.82 Å². The molecule has 0 bridgehead atoms. The molecule has 1 aromatic carbocycles. The van der Waals surface area contributed by atoms with Gasteiger partial charge in [-0.25, -0.2) is 9.37 Å². The number of allylic oxidation sites excluding steroid dienone is 1. The van der Waals surface area contributed by atoms with Crippen LogP contribution in [0.3, 0.4) is 0 Å². The molecule has 1 aliphatic heterocycles. The van der Waals surface area contributed by atoms with Crippen molar-refractivity contribution in [1.82, 2.24) is 9.55 Å². The van der Waals surface area contributed by atoms with Gasteiger partial charge in [-0.05, 0) is 24.1 Å². The van der Waals surface area contributed by atoms with Crippen LogP contribution in [-0.4, -0.2) is 19.4 Å². The monoisotopic (exact) mass is 290 g/mol. The van der Waals surface area contributed by atoms with Gasteiger partial charge in [0.05, 0.1) is 17.2 Å². The second-order valence-corrected chi connectivity index (χ2v) is 6.44. The normalized spacial score (nSPS) is 24.6. The number of aromatic nitrogens is 2. The summed E-state index contributed by atoms with van der Waals surface area (Å²) in [6.07, 6.45) is 7.08. The van der Waals surface area contributed by atoms with Crippen LogP contribution in [0, 0.1) is 5.82 Å². The van der Waals surface area contributed by atoms with Crippen molar-refractivity contribution < 1.29 is 9.50 Å². The number of halogens is 1. The molecule has 0 saturated carbocycles. The van der Waals surface area contributed by atoms with E-state index in [1.165, 1.54) is 23.9 Å². The third-order valence-corrected chi connectivity index (χ3v) is 5.08. The fourth-order valence-electron chi connectivity index (χ4n) is 2.65. The molecule has 1 N–H and O–H groups in total. The Balaban J connectivity index is 1.98. The summed E-state index contributed by atoms with van der Waals surface area (Å²) in [5.41, 5.74) is 0.790. The highest BCUT2D eigenvalue weighted by molar-refractivity contribution is 8.01. The third kappa shape index (κ3) is 2.17. The molecule has 3 rings (SSSR count). The molecule has 0 saturated heterocycles. The second-order valence-electron chi connectivity index (χ2n) is 4.98. The number of aliphatic hydroxyl groups is 1. The number of fused-ring (bicyclic) bond motifs is 1. The molecule has 0 radical (unpaired) electrons. The molecule has 0 fully saturated rings. The number of aliphatic hydroxyl groups excluding tert-OH is 1. The number of imidazole rings is 1. The van der Waals surface area contributed by atoms with Crippen LogP contribution in [0.1, 0.15) is 18.1 Å². The number of hydrogen-bond acceptors (Lipinski definition) is 3. The van der Waals surface area contributed by atoms with Crippen LogP contribution in [-0.2, 0) is 6.54 Å². The Hall–Kier alpha value is -1.59. The zero-order chi connectivity index (χ0) is 14.2. The van der Waals surface area contributed by atoms with E-state index < -0.39 is 10.9 Å². The highest BCUT2D eigenvalue weighted by Crippen LogP contribution is 2.54. The first-order valence-electron chi connectivity index (χ1n) is 6.38. The summed E-state index contributed by atoms with van der Waals surface area (Å²) in [5.74, 6) is -0.277. The van der Waals surface area contributed by atoms with Gasteiger partial charge in [0.25, 0.3) is 0 Å². The molecule has 0 aliphatic carbocycles. The zero-order valence-corrected chi connectivity index (χ0v) is 11.7. The highest BCUT2D eigenvalue weighted by atomic mass is 32.2. The maximum atomic E-state index is 13.4. The van der Waals surface area contributed by atoms with Gasteiger partial charge in [0, 0.05) is 23.8 Å². The average Bonchev–Trinajstić information content (AvgIpc) is 2.99. The Morgan fingerprint density at radius 3 is 3.10 bits per heavy atom. The highest BCUT2D eigenvalue weighted by Gasteiger charge is 2.46. The topological polar surface area (TPSA) is 38.0 Å². The van der Waals surface area contributed by atoms with E-state index in [4.69, 9.17) is 0 Å². The van der Waals surface area contributed by atoms with E-state index in [9.17, 15) is 9.50 Å². The zero-order valence-electron chi connectivity index (χ0n) is 10.9. The lowest BCUT2D eigenvalue weighted by atomic mass is 9.92. The van der Waals surface area contributed by atoms with E-state index in [0.29, 0.717) is 13.0 Å². The van der Waals surface area contributed by atoms with Crippen LogP contribution in [0.5, 0.6) is 0 Å². The van der Waals surface area contributed by atoms with Crippen LogP contribution in [0.15, 0.2) is 54.5 Å². The Kier molecular flexibility index (Phi) is 3.40. The van der Waals surface area contributed by atoms with Crippen LogP contribution < -0.4 is 0 Å². The van der Waals surface area contributed by atoms with Crippen molar-refractivity contribution >= 4 is 11.8 Å². The molecule has 0 spiro atoms. The number of rotatable bonds is 4. The first-order chi connectivity index (χ1) is 9.64. The smallest absolute Gasteiger partial charge is 0.124 e. The van der Waals surface area contributed by atoms with Gasteiger partial charge in [0.15, 0.2) is 0 Å². The van der Waals surface area contributed by atoms with Crippen LogP contribution in [0.25, 0.3) is 0 Å². The number of hydrogen-bond donors (Lipinski definition) is 1. The van der Waals surface area contributed by atoms with Crippen molar-refractivity contribution in [2.24, 2.45) is 0 Å². The molecule has 0 amide bonds. The molecule has 104 valence electrons. The second kappa shape index (κ2) is 5.07. The molecule has 2 heterocycles. The van der Waals surface area contributed by atoms with Gasteiger partial charge >= 0.3 is 0 Å². The van der Waals surface area contributed by atoms with Crippen molar-refractivity contribution in [3.8, 4) is 0 Å². The van der Waals surface area contributed by atoms with Gasteiger partial charge in [-0.1, -0.05) is 12.1 Å². The fourth-order valence-corrected chi connectivity index (χ4v) is 4.21. The Bertz CT molecular complexity index is 629. The van der Waals surface area contributed by atoms with Crippen molar-refractivity contribution in [3.05, 3.63) is 61.0 Å². The third-order valence-electron chi connectivity index (χ3n) is 3.58. The van der Waals surface area contributed by atoms with E-state index in [0.717, 1.165) is 10.5 Å². The molecule has 1 aromatic heterocycles. The van der Waals surface area contributed by atoms with E-state index >= 15 is 0 Å². The van der Waals surface area contributed by atoms with Gasteiger partial charge in [-0.15, -0.1) is 18.3 Å². The van der Waals surface area contributed by atoms with Gasteiger partial charge in [-0.2, -0.15) is 0 Å². The van der Waals surface area contributed by atoms with Crippen molar-refractivity contribution in [1.29, 1.82) is 0 Å². The van der Waals surface area contributed by atoms with Crippen molar-refractivity contribution in [2.75, 3.05) is 0 Å². The van der Waals surface area contributed by atoms with Gasteiger partial charge in [0.2, 0.25) is 0 Å². The average molecular weight is 290 g/mol. The Morgan fingerprint density at radius 1 is 1.55 bits per heavy atom. The summed E-state index contributed by atoms with van der Waals surface area (Å²) in [6, 6.07) is 4.55. The summed E-state index contributed by atoms with van der Waals surface area (Å²) in [7, 11) is 0. The minimum absolute atomic E-state index is 0.277. The number of benzene rings is 1. The molecule has 2 aromatic rings. The van der Waals surface area contributed by atoms with Crippen LogP contribution in [0.2, 0.25) is 0 Å². The lowest BCUT2D eigenvalue weighted by Gasteiger charge is -2.31. The molecule has 2 atom stereocenters. The SMILES string of the molecule is C=CC[C@@]1(Cn2ccnc2)Sc2cc(F)ccc2[C@@H]1O. The predicted molar refractivity (Wildman–Crippen MR) is 77.0 cm³/mol. The summed E-state index contributed by atoms with van der Waals surface area (Å²) >= 11 is 1.52. The maximum Gasteiger partial charge on any atom is 0.124 e. The minimum atomic E-state index is -0.650. The molecule has 3 nitrogen and oxygen atoms in total. The Morgan fingerprint density at radius 2 is 2.40 bits per heavy atom.